The van der Waals surface area contributed by atoms with E-state index in [1.165, 1.54) is 31.4 Å². The van der Waals surface area contributed by atoms with E-state index in [2.05, 4.69) is 0 Å². The van der Waals surface area contributed by atoms with E-state index in [1.807, 2.05) is 0 Å². The van der Waals surface area contributed by atoms with Gasteiger partial charge in [0.05, 0.1) is 12.0 Å². The molecule has 0 fully saturated rings. The Labute approximate surface area is 105 Å². The van der Waals surface area contributed by atoms with Crippen molar-refractivity contribution in [2.75, 3.05) is 7.11 Å². The van der Waals surface area contributed by atoms with Crippen LogP contribution < -0.4 is 4.74 Å². The number of hydrogen-bond acceptors (Lipinski definition) is 4. The van der Waals surface area contributed by atoms with Gasteiger partial charge in [-0.15, -0.1) is 0 Å². The van der Waals surface area contributed by atoms with Crippen molar-refractivity contribution in [2.24, 2.45) is 0 Å². The smallest absolute Gasteiger partial charge is 0.210 e. The Morgan fingerprint density at radius 2 is 1.61 bits per heavy atom. The van der Waals surface area contributed by atoms with Gasteiger partial charge in [0.2, 0.25) is 9.84 Å². The number of hydrogen-bond donors (Lipinski definition) is 1. The van der Waals surface area contributed by atoms with E-state index in [0.29, 0.717) is 5.75 Å². The van der Waals surface area contributed by atoms with E-state index >= 15 is 0 Å². The number of methoxy groups -OCH3 is 1. The van der Waals surface area contributed by atoms with Crippen LogP contribution in [0, 0.1) is 0 Å². The predicted octanol–water partition coefficient (Wildman–Crippen LogP) is 2.23. The third kappa shape index (κ3) is 2.17. The highest BCUT2D eigenvalue weighted by atomic mass is 32.2. The first-order valence-electron chi connectivity index (χ1n) is 5.23. The third-order valence-electron chi connectivity index (χ3n) is 2.52. The largest absolute Gasteiger partial charge is 0.507 e. The summed E-state index contributed by atoms with van der Waals surface area (Å²) in [6, 6.07) is 11.9. The molecule has 4 nitrogen and oxygen atoms in total. The lowest BCUT2D eigenvalue weighted by atomic mass is 10.3. The van der Waals surface area contributed by atoms with Crippen molar-refractivity contribution in [3.63, 3.8) is 0 Å². The van der Waals surface area contributed by atoms with Gasteiger partial charge < -0.3 is 9.84 Å². The van der Waals surface area contributed by atoms with Gasteiger partial charge in [-0.25, -0.2) is 8.42 Å². The fourth-order valence-corrected chi connectivity index (χ4v) is 2.92. The maximum atomic E-state index is 12.3. The quantitative estimate of drug-likeness (QED) is 0.923. The van der Waals surface area contributed by atoms with Crippen LogP contribution in [0.5, 0.6) is 11.5 Å². The molecule has 0 radical (unpaired) electrons. The molecule has 0 atom stereocenters. The monoisotopic (exact) mass is 264 g/mol. The van der Waals surface area contributed by atoms with E-state index in [9.17, 15) is 13.5 Å². The lowest BCUT2D eigenvalue weighted by Gasteiger charge is -2.07. The first kappa shape index (κ1) is 12.4. The lowest BCUT2D eigenvalue weighted by Crippen LogP contribution is -2.02. The van der Waals surface area contributed by atoms with Gasteiger partial charge in [0.15, 0.2) is 0 Å². The molecule has 0 unspecified atom stereocenters. The fourth-order valence-electron chi connectivity index (χ4n) is 1.57. The van der Waals surface area contributed by atoms with Gasteiger partial charge in [0, 0.05) is 0 Å². The van der Waals surface area contributed by atoms with Gasteiger partial charge in [-0.3, -0.25) is 0 Å². The molecule has 2 aromatic carbocycles. The second-order valence-electron chi connectivity index (χ2n) is 3.65. The fraction of sp³-hybridized carbons (Fsp3) is 0.0769. The van der Waals surface area contributed by atoms with Crippen LogP contribution >= 0.6 is 0 Å². The van der Waals surface area contributed by atoms with Crippen molar-refractivity contribution in [1.29, 1.82) is 0 Å². The number of phenols is 1. The summed E-state index contributed by atoms with van der Waals surface area (Å²) in [5.41, 5.74) is 0. The van der Waals surface area contributed by atoms with Crippen molar-refractivity contribution in [3.8, 4) is 11.5 Å². The summed E-state index contributed by atoms with van der Waals surface area (Å²) in [7, 11) is -2.19. The number of para-hydroxylation sites is 1. The molecule has 0 spiro atoms. The third-order valence-corrected chi connectivity index (χ3v) is 4.34. The predicted molar refractivity (Wildman–Crippen MR) is 66.6 cm³/mol. The van der Waals surface area contributed by atoms with Crippen LogP contribution in [0.3, 0.4) is 0 Å². The SMILES string of the molecule is COc1ccc(S(=O)(=O)c2ccccc2O)cc1. The van der Waals surface area contributed by atoms with Crippen molar-refractivity contribution >= 4 is 9.84 Å². The molecule has 0 heterocycles. The van der Waals surface area contributed by atoms with Crippen LogP contribution in [0.15, 0.2) is 58.3 Å². The molecule has 18 heavy (non-hydrogen) atoms. The minimum absolute atomic E-state index is 0.102. The van der Waals surface area contributed by atoms with E-state index in [0.717, 1.165) is 0 Å². The Kier molecular flexibility index (Phi) is 3.25. The summed E-state index contributed by atoms with van der Waals surface area (Å²) in [6.45, 7) is 0. The van der Waals surface area contributed by atoms with Crippen molar-refractivity contribution in [2.45, 2.75) is 9.79 Å². The molecule has 94 valence electrons. The number of benzene rings is 2. The zero-order chi connectivity index (χ0) is 13.2. The second kappa shape index (κ2) is 4.70. The molecule has 0 saturated carbocycles. The molecule has 0 amide bonds. The van der Waals surface area contributed by atoms with Crippen LogP contribution in [-0.4, -0.2) is 20.6 Å². The van der Waals surface area contributed by atoms with Crippen LogP contribution in [-0.2, 0) is 9.84 Å². The summed E-state index contributed by atoms with van der Waals surface area (Å²) in [6.07, 6.45) is 0. The van der Waals surface area contributed by atoms with Gasteiger partial charge in [0.25, 0.3) is 0 Å². The zero-order valence-corrected chi connectivity index (χ0v) is 10.5. The molecule has 0 bridgehead atoms. The van der Waals surface area contributed by atoms with Gasteiger partial charge in [0.1, 0.15) is 16.4 Å². The summed E-state index contributed by atoms with van der Waals surface area (Å²) in [5.74, 6) is 0.319. The molecule has 2 rings (SSSR count). The lowest BCUT2D eigenvalue weighted by molar-refractivity contribution is 0.414. The average molecular weight is 264 g/mol. The standard InChI is InChI=1S/C13H12O4S/c1-17-10-6-8-11(9-7-10)18(15,16)13-5-3-2-4-12(13)14/h2-9,14H,1H3. The highest BCUT2D eigenvalue weighted by molar-refractivity contribution is 7.91. The van der Waals surface area contributed by atoms with Crippen LogP contribution in [0.4, 0.5) is 0 Å². The van der Waals surface area contributed by atoms with Crippen molar-refractivity contribution in [1.82, 2.24) is 0 Å². The summed E-state index contributed by atoms with van der Waals surface area (Å²) in [4.78, 5) is 0.0139. The maximum absolute atomic E-state index is 12.3. The van der Waals surface area contributed by atoms with E-state index in [1.54, 1.807) is 24.3 Å². The Morgan fingerprint density at radius 3 is 2.17 bits per heavy atom. The van der Waals surface area contributed by atoms with Crippen LogP contribution in [0.2, 0.25) is 0 Å². The summed E-state index contributed by atoms with van der Waals surface area (Å²) < 4.78 is 29.5. The first-order valence-corrected chi connectivity index (χ1v) is 6.71. The van der Waals surface area contributed by atoms with Gasteiger partial charge >= 0.3 is 0 Å². The van der Waals surface area contributed by atoms with Crippen molar-refractivity contribution < 1.29 is 18.3 Å². The molecule has 1 N–H and O–H groups in total. The highest BCUT2D eigenvalue weighted by Crippen LogP contribution is 2.28. The van der Waals surface area contributed by atoms with Crippen LogP contribution in [0.1, 0.15) is 0 Å². The molecule has 2 aromatic rings. The molecular formula is C13H12O4S. The van der Waals surface area contributed by atoms with Gasteiger partial charge in [-0.2, -0.15) is 0 Å². The van der Waals surface area contributed by atoms with Crippen molar-refractivity contribution in [3.05, 3.63) is 48.5 Å². The number of rotatable bonds is 3. The normalized spacial score (nSPS) is 11.2. The summed E-state index contributed by atoms with van der Waals surface area (Å²) in [5, 5.41) is 9.60. The average Bonchev–Trinajstić information content (AvgIpc) is 2.39. The highest BCUT2D eigenvalue weighted by Gasteiger charge is 2.20. The molecule has 0 aliphatic heterocycles. The molecular weight excluding hydrogens is 252 g/mol. The molecule has 5 heteroatoms. The number of phenolic OH excluding ortho intramolecular Hbond substituents is 1. The Morgan fingerprint density at radius 1 is 1.00 bits per heavy atom. The second-order valence-corrected chi connectivity index (χ2v) is 5.56. The van der Waals surface area contributed by atoms with Gasteiger partial charge in [-0.1, -0.05) is 12.1 Å². The maximum Gasteiger partial charge on any atom is 0.210 e. The molecule has 0 aliphatic carbocycles. The Hall–Kier alpha value is -2.01. The minimum atomic E-state index is -3.70. The van der Waals surface area contributed by atoms with E-state index < -0.39 is 9.84 Å². The first-order chi connectivity index (χ1) is 8.55. The summed E-state index contributed by atoms with van der Waals surface area (Å²) >= 11 is 0. The number of aromatic hydroxyl groups is 1. The zero-order valence-electron chi connectivity index (χ0n) is 9.70. The molecule has 0 aliphatic rings. The van der Waals surface area contributed by atoms with E-state index in [4.69, 9.17) is 4.74 Å². The number of ether oxygens (including phenoxy) is 1. The van der Waals surface area contributed by atoms with E-state index in [-0.39, 0.29) is 15.5 Å². The molecule has 0 aromatic heterocycles. The van der Waals surface area contributed by atoms with Gasteiger partial charge in [-0.05, 0) is 36.4 Å². The Bertz CT molecular complexity index is 645. The van der Waals surface area contributed by atoms with Crippen LogP contribution in [0.25, 0.3) is 0 Å². The topological polar surface area (TPSA) is 63.6 Å². The molecule has 0 saturated heterocycles. The Balaban J connectivity index is 2.51. The minimum Gasteiger partial charge on any atom is -0.507 e. The number of sulfone groups is 1.